The molecule has 1 rings (SSSR count). The van der Waals surface area contributed by atoms with Crippen LogP contribution in [0.15, 0.2) is 0 Å². The van der Waals surface area contributed by atoms with Crippen molar-refractivity contribution >= 4 is 11.9 Å². The molecule has 0 bridgehead atoms. The maximum absolute atomic E-state index is 12.2. The minimum Gasteiger partial charge on any atom is -0.481 e. The standard InChI is InChI=1S/C19H34O4/c1-3-5-7-8-9-13-19(17(22)23)15-11-10-14-18(19,16(20)21)12-6-4-2/h3-15H2,1-2H3,(H,20,21)(H,22,23). The first-order valence-electron chi connectivity index (χ1n) is 9.43. The summed E-state index contributed by atoms with van der Waals surface area (Å²) in [5, 5.41) is 20.0. The van der Waals surface area contributed by atoms with Gasteiger partial charge in [0.2, 0.25) is 0 Å². The second kappa shape index (κ2) is 9.29. The largest absolute Gasteiger partial charge is 0.481 e. The zero-order chi connectivity index (χ0) is 17.3. The summed E-state index contributed by atoms with van der Waals surface area (Å²) in [6, 6.07) is 0. The molecule has 0 heterocycles. The smallest absolute Gasteiger partial charge is 0.310 e. The Morgan fingerprint density at radius 1 is 0.739 bits per heavy atom. The van der Waals surface area contributed by atoms with Crippen molar-refractivity contribution in [2.45, 2.75) is 97.3 Å². The molecule has 0 aromatic carbocycles. The van der Waals surface area contributed by atoms with Crippen LogP contribution in [-0.2, 0) is 9.59 Å². The molecule has 23 heavy (non-hydrogen) atoms. The van der Waals surface area contributed by atoms with E-state index in [0.29, 0.717) is 25.7 Å². The first-order valence-corrected chi connectivity index (χ1v) is 9.43. The summed E-state index contributed by atoms with van der Waals surface area (Å²) in [7, 11) is 0. The summed E-state index contributed by atoms with van der Waals surface area (Å²) >= 11 is 0. The minimum absolute atomic E-state index is 0.500. The highest BCUT2D eigenvalue weighted by atomic mass is 16.4. The van der Waals surface area contributed by atoms with Crippen molar-refractivity contribution in [1.82, 2.24) is 0 Å². The monoisotopic (exact) mass is 326 g/mol. The predicted molar refractivity (Wildman–Crippen MR) is 91.5 cm³/mol. The third-order valence-electron chi connectivity index (χ3n) is 5.86. The third kappa shape index (κ3) is 4.27. The van der Waals surface area contributed by atoms with E-state index in [1.54, 1.807) is 0 Å². The second-order valence-corrected chi connectivity index (χ2v) is 7.25. The Bertz CT molecular complexity index is 393. The van der Waals surface area contributed by atoms with E-state index in [0.717, 1.165) is 51.4 Å². The van der Waals surface area contributed by atoms with Gasteiger partial charge in [0.25, 0.3) is 0 Å². The molecule has 1 aliphatic rings. The fourth-order valence-corrected chi connectivity index (χ4v) is 4.41. The number of carbonyl (C=O) groups is 2. The fourth-order valence-electron chi connectivity index (χ4n) is 4.41. The van der Waals surface area contributed by atoms with E-state index in [-0.39, 0.29) is 0 Å². The van der Waals surface area contributed by atoms with Crippen LogP contribution in [0, 0.1) is 10.8 Å². The van der Waals surface area contributed by atoms with E-state index < -0.39 is 22.8 Å². The van der Waals surface area contributed by atoms with E-state index in [4.69, 9.17) is 0 Å². The zero-order valence-electron chi connectivity index (χ0n) is 14.9. The molecule has 0 spiro atoms. The number of unbranched alkanes of at least 4 members (excludes halogenated alkanes) is 5. The van der Waals surface area contributed by atoms with E-state index in [1.165, 1.54) is 6.42 Å². The van der Waals surface area contributed by atoms with Crippen LogP contribution in [0.4, 0.5) is 0 Å². The van der Waals surface area contributed by atoms with Crippen molar-refractivity contribution in [2.24, 2.45) is 10.8 Å². The first-order chi connectivity index (χ1) is 11.0. The maximum Gasteiger partial charge on any atom is 0.310 e. The number of aliphatic carboxylic acids is 2. The van der Waals surface area contributed by atoms with Crippen molar-refractivity contribution in [3.8, 4) is 0 Å². The Labute approximate surface area is 140 Å². The lowest BCUT2D eigenvalue weighted by Crippen LogP contribution is -2.54. The molecule has 0 radical (unpaired) electrons. The van der Waals surface area contributed by atoms with Gasteiger partial charge in [-0.1, -0.05) is 71.6 Å². The number of hydrogen-bond donors (Lipinski definition) is 2. The van der Waals surface area contributed by atoms with Crippen LogP contribution in [0.1, 0.15) is 97.3 Å². The molecule has 2 unspecified atom stereocenters. The molecule has 134 valence electrons. The Kier molecular flexibility index (Phi) is 8.07. The van der Waals surface area contributed by atoms with Gasteiger partial charge in [-0.15, -0.1) is 0 Å². The summed E-state index contributed by atoms with van der Waals surface area (Å²) in [5.74, 6) is -1.77. The predicted octanol–water partition coefficient (Wildman–Crippen LogP) is 5.25. The highest BCUT2D eigenvalue weighted by Crippen LogP contribution is 2.56. The molecular formula is C19H34O4. The van der Waals surface area contributed by atoms with Crippen LogP contribution in [0.5, 0.6) is 0 Å². The minimum atomic E-state index is -1.07. The van der Waals surface area contributed by atoms with Crippen LogP contribution in [0.2, 0.25) is 0 Å². The van der Waals surface area contributed by atoms with E-state index in [9.17, 15) is 19.8 Å². The topological polar surface area (TPSA) is 74.6 Å². The highest BCUT2D eigenvalue weighted by molar-refractivity contribution is 5.87. The Hall–Kier alpha value is -1.06. The van der Waals surface area contributed by atoms with Crippen LogP contribution in [-0.4, -0.2) is 22.2 Å². The lowest BCUT2D eigenvalue weighted by atomic mass is 9.52. The second-order valence-electron chi connectivity index (χ2n) is 7.25. The molecule has 0 aliphatic heterocycles. The van der Waals surface area contributed by atoms with Crippen molar-refractivity contribution in [2.75, 3.05) is 0 Å². The van der Waals surface area contributed by atoms with Crippen LogP contribution >= 0.6 is 0 Å². The van der Waals surface area contributed by atoms with Gasteiger partial charge in [-0.3, -0.25) is 9.59 Å². The Balaban J connectivity index is 3.00. The molecule has 0 aromatic rings. The number of hydrogen-bond acceptors (Lipinski definition) is 2. The first kappa shape index (κ1) is 20.0. The third-order valence-corrected chi connectivity index (χ3v) is 5.86. The van der Waals surface area contributed by atoms with Gasteiger partial charge in [-0.2, -0.15) is 0 Å². The quantitative estimate of drug-likeness (QED) is 0.508. The summed E-state index contributed by atoms with van der Waals surface area (Å²) in [4.78, 5) is 24.4. The normalized spacial score (nSPS) is 27.7. The van der Waals surface area contributed by atoms with Crippen molar-refractivity contribution in [3.05, 3.63) is 0 Å². The molecule has 4 heteroatoms. The van der Waals surface area contributed by atoms with Gasteiger partial charge in [-0.25, -0.2) is 0 Å². The number of carboxylic acid groups (broad SMARTS) is 2. The fraction of sp³-hybridized carbons (Fsp3) is 0.895. The summed E-state index contributed by atoms with van der Waals surface area (Å²) in [6.45, 7) is 4.19. The number of rotatable bonds is 11. The zero-order valence-corrected chi connectivity index (χ0v) is 14.9. The van der Waals surface area contributed by atoms with Gasteiger partial charge in [0.1, 0.15) is 0 Å². The summed E-state index contributed by atoms with van der Waals surface area (Å²) < 4.78 is 0. The van der Waals surface area contributed by atoms with Gasteiger partial charge in [0.05, 0.1) is 10.8 Å². The SMILES string of the molecule is CCCCCCCC1(C(=O)O)CCCCC1(CCCC)C(=O)O. The van der Waals surface area contributed by atoms with Gasteiger partial charge in [0, 0.05) is 0 Å². The Morgan fingerprint density at radius 2 is 1.17 bits per heavy atom. The Morgan fingerprint density at radius 3 is 1.61 bits per heavy atom. The number of carboxylic acids is 2. The van der Waals surface area contributed by atoms with Crippen molar-refractivity contribution in [3.63, 3.8) is 0 Å². The van der Waals surface area contributed by atoms with Gasteiger partial charge in [-0.05, 0) is 25.7 Å². The molecule has 0 aromatic heterocycles. The molecule has 1 fully saturated rings. The van der Waals surface area contributed by atoms with Gasteiger partial charge in [0.15, 0.2) is 0 Å². The average Bonchev–Trinajstić information content (AvgIpc) is 2.53. The molecule has 2 N–H and O–H groups in total. The molecule has 1 aliphatic carbocycles. The van der Waals surface area contributed by atoms with Crippen LogP contribution < -0.4 is 0 Å². The lowest BCUT2D eigenvalue weighted by molar-refractivity contribution is -0.182. The van der Waals surface area contributed by atoms with E-state index >= 15 is 0 Å². The van der Waals surface area contributed by atoms with E-state index in [2.05, 4.69) is 6.92 Å². The molecule has 0 amide bonds. The maximum atomic E-state index is 12.2. The van der Waals surface area contributed by atoms with E-state index in [1.807, 2.05) is 6.92 Å². The molecular weight excluding hydrogens is 292 g/mol. The summed E-state index contributed by atoms with van der Waals surface area (Å²) in [6.07, 6.45) is 10.7. The van der Waals surface area contributed by atoms with Crippen LogP contribution in [0.3, 0.4) is 0 Å². The summed E-state index contributed by atoms with van der Waals surface area (Å²) in [5.41, 5.74) is -2.14. The van der Waals surface area contributed by atoms with Gasteiger partial charge >= 0.3 is 11.9 Å². The van der Waals surface area contributed by atoms with Crippen molar-refractivity contribution in [1.29, 1.82) is 0 Å². The van der Waals surface area contributed by atoms with Gasteiger partial charge < -0.3 is 10.2 Å². The molecule has 1 saturated carbocycles. The molecule has 0 saturated heterocycles. The average molecular weight is 326 g/mol. The van der Waals surface area contributed by atoms with Crippen LogP contribution in [0.25, 0.3) is 0 Å². The molecule has 2 atom stereocenters. The lowest BCUT2D eigenvalue weighted by Gasteiger charge is -2.48. The highest BCUT2D eigenvalue weighted by Gasteiger charge is 2.61. The van der Waals surface area contributed by atoms with Crippen molar-refractivity contribution < 1.29 is 19.8 Å². The molecule has 4 nitrogen and oxygen atoms in total.